The van der Waals surface area contributed by atoms with E-state index in [4.69, 9.17) is 5.73 Å². The summed E-state index contributed by atoms with van der Waals surface area (Å²) in [7, 11) is 0. The summed E-state index contributed by atoms with van der Waals surface area (Å²) in [5, 5.41) is 2.64. The number of halogens is 1. The van der Waals surface area contributed by atoms with Crippen LogP contribution < -0.4 is 11.1 Å². The highest BCUT2D eigenvalue weighted by Crippen LogP contribution is 2.17. The molecule has 0 saturated carbocycles. The molecule has 0 saturated heterocycles. The number of anilines is 1. The summed E-state index contributed by atoms with van der Waals surface area (Å²) in [4.78, 5) is 16.3. The van der Waals surface area contributed by atoms with Gasteiger partial charge < -0.3 is 11.1 Å². The van der Waals surface area contributed by atoms with Crippen molar-refractivity contribution in [2.75, 3.05) is 5.73 Å². The zero-order chi connectivity index (χ0) is 14.7. The molecule has 0 aliphatic carbocycles. The first kappa shape index (κ1) is 14.0. The zero-order valence-corrected chi connectivity index (χ0v) is 11.4. The first-order valence-electron chi connectivity index (χ1n) is 6.23. The van der Waals surface area contributed by atoms with Crippen LogP contribution in [0.1, 0.15) is 27.3 Å². The van der Waals surface area contributed by atoms with Gasteiger partial charge in [0.05, 0.1) is 17.8 Å². The molecule has 2 rings (SSSR count). The number of nitrogens with two attached hydrogens (primary N) is 1. The Morgan fingerprint density at radius 1 is 1.35 bits per heavy atom. The molecule has 4 nitrogen and oxygen atoms in total. The zero-order valence-electron chi connectivity index (χ0n) is 11.4. The van der Waals surface area contributed by atoms with E-state index < -0.39 is 11.7 Å². The molecule has 0 aliphatic heterocycles. The van der Waals surface area contributed by atoms with Crippen LogP contribution in [0.4, 0.5) is 10.1 Å². The monoisotopic (exact) mass is 273 g/mol. The minimum atomic E-state index is -0.547. The Balaban J connectivity index is 2.13. The molecule has 1 amide bonds. The Labute approximate surface area is 116 Å². The standard InChI is InChI=1S/C15H16FN3O/c1-9-6-11(17)7-13(14(9)16)15(20)18-8-12-5-3-4-10(2)19-12/h3-7H,8,17H2,1-2H3,(H,18,20). The molecule has 0 unspecified atom stereocenters. The molecule has 0 bridgehead atoms. The van der Waals surface area contributed by atoms with Crippen molar-refractivity contribution in [2.45, 2.75) is 20.4 Å². The molecule has 104 valence electrons. The van der Waals surface area contributed by atoms with E-state index in [1.807, 2.05) is 19.1 Å². The third kappa shape index (κ3) is 3.12. The van der Waals surface area contributed by atoms with Crippen molar-refractivity contribution in [3.63, 3.8) is 0 Å². The lowest BCUT2D eigenvalue weighted by Gasteiger charge is -2.09. The van der Waals surface area contributed by atoms with Crippen LogP contribution in [0.5, 0.6) is 0 Å². The van der Waals surface area contributed by atoms with Gasteiger partial charge >= 0.3 is 0 Å². The van der Waals surface area contributed by atoms with Crippen molar-refractivity contribution in [2.24, 2.45) is 0 Å². The fourth-order valence-corrected chi connectivity index (χ4v) is 1.93. The molecule has 20 heavy (non-hydrogen) atoms. The minimum Gasteiger partial charge on any atom is -0.399 e. The van der Waals surface area contributed by atoms with Crippen LogP contribution >= 0.6 is 0 Å². The predicted octanol–water partition coefficient (Wildman–Crippen LogP) is 2.35. The summed E-state index contributed by atoms with van der Waals surface area (Å²) < 4.78 is 13.9. The van der Waals surface area contributed by atoms with Crippen LogP contribution in [0.15, 0.2) is 30.3 Å². The number of carbonyl (C=O) groups excluding carboxylic acids is 1. The van der Waals surface area contributed by atoms with Crippen molar-refractivity contribution in [3.05, 3.63) is 58.7 Å². The van der Waals surface area contributed by atoms with Crippen LogP contribution in [0, 0.1) is 19.7 Å². The first-order valence-corrected chi connectivity index (χ1v) is 6.23. The van der Waals surface area contributed by atoms with E-state index in [1.165, 1.54) is 12.1 Å². The molecule has 0 radical (unpaired) electrons. The van der Waals surface area contributed by atoms with Gasteiger partial charge in [0.15, 0.2) is 0 Å². The van der Waals surface area contributed by atoms with Crippen LogP contribution in [0.3, 0.4) is 0 Å². The van der Waals surface area contributed by atoms with Gasteiger partial charge in [-0.3, -0.25) is 9.78 Å². The highest BCUT2D eigenvalue weighted by Gasteiger charge is 2.14. The Kier molecular flexibility index (Phi) is 3.98. The Bertz CT molecular complexity index is 656. The van der Waals surface area contributed by atoms with Gasteiger partial charge in [0.2, 0.25) is 0 Å². The molecule has 1 heterocycles. The average Bonchev–Trinajstić information content (AvgIpc) is 2.40. The molecule has 0 fully saturated rings. The number of aromatic nitrogens is 1. The number of carbonyl (C=O) groups is 1. The van der Waals surface area contributed by atoms with Gasteiger partial charge in [0.1, 0.15) is 5.82 Å². The normalized spacial score (nSPS) is 10.3. The molecular formula is C15H16FN3O. The second kappa shape index (κ2) is 5.69. The van der Waals surface area contributed by atoms with Crippen molar-refractivity contribution in [1.29, 1.82) is 0 Å². The molecule has 2 aromatic rings. The number of amides is 1. The lowest BCUT2D eigenvalue weighted by atomic mass is 10.1. The maximum Gasteiger partial charge on any atom is 0.254 e. The number of pyridine rings is 1. The summed E-state index contributed by atoms with van der Waals surface area (Å²) in [5.41, 5.74) is 7.89. The topological polar surface area (TPSA) is 68.0 Å². The Morgan fingerprint density at radius 2 is 2.10 bits per heavy atom. The smallest absolute Gasteiger partial charge is 0.254 e. The number of hydrogen-bond acceptors (Lipinski definition) is 3. The van der Waals surface area contributed by atoms with Crippen molar-refractivity contribution >= 4 is 11.6 Å². The van der Waals surface area contributed by atoms with Crippen molar-refractivity contribution in [3.8, 4) is 0 Å². The van der Waals surface area contributed by atoms with Gasteiger partial charge in [-0.25, -0.2) is 4.39 Å². The molecule has 1 aromatic carbocycles. The van der Waals surface area contributed by atoms with E-state index >= 15 is 0 Å². The lowest BCUT2D eigenvalue weighted by molar-refractivity contribution is 0.0946. The van der Waals surface area contributed by atoms with Crippen LogP contribution in [0.25, 0.3) is 0 Å². The van der Waals surface area contributed by atoms with Gasteiger partial charge in [-0.05, 0) is 43.7 Å². The first-order chi connectivity index (χ1) is 9.47. The molecule has 1 aromatic heterocycles. The van der Waals surface area contributed by atoms with E-state index in [2.05, 4.69) is 10.3 Å². The number of benzene rings is 1. The molecule has 3 N–H and O–H groups in total. The Hall–Kier alpha value is -2.43. The van der Waals surface area contributed by atoms with E-state index in [-0.39, 0.29) is 12.1 Å². The summed E-state index contributed by atoms with van der Waals surface area (Å²) in [5.74, 6) is -1.05. The van der Waals surface area contributed by atoms with Crippen molar-refractivity contribution < 1.29 is 9.18 Å². The van der Waals surface area contributed by atoms with Crippen LogP contribution in [0.2, 0.25) is 0 Å². The summed E-state index contributed by atoms with van der Waals surface area (Å²) in [6, 6.07) is 8.35. The molecule has 5 heteroatoms. The number of nitrogen functional groups attached to an aromatic ring is 1. The molecule has 0 aliphatic rings. The Morgan fingerprint density at radius 3 is 2.80 bits per heavy atom. The summed E-state index contributed by atoms with van der Waals surface area (Å²) >= 11 is 0. The van der Waals surface area contributed by atoms with Crippen LogP contribution in [-0.2, 0) is 6.54 Å². The fourth-order valence-electron chi connectivity index (χ4n) is 1.93. The quantitative estimate of drug-likeness (QED) is 0.843. The van der Waals surface area contributed by atoms with Crippen LogP contribution in [-0.4, -0.2) is 10.9 Å². The van der Waals surface area contributed by atoms with Gasteiger partial charge in [0, 0.05) is 11.4 Å². The maximum atomic E-state index is 13.9. The van der Waals surface area contributed by atoms with Gasteiger partial charge in [0.25, 0.3) is 5.91 Å². The van der Waals surface area contributed by atoms with Gasteiger partial charge in [-0.1, -0.05) is 6.07 Å². The fraction of sp³-hybridized carbons (Fsp3) is 0.200. The highest BCUT2D eigenvalue weighted by atomic mass is 19.1. The predicted molar refractivity (Wildman–Crippen MR) is 75.7 cm³/mol. The number of aryl methyl sites for hydroxylation is 2. The number of rotatable bonds is 3. The third-order valence-corrected chi connectivity index (χ3v) is 2.90. The highest BCUT2D eigenvalue weighted by molar-refractivity contribution is 5.95. The average molecular weight is 273 g/mol. The summed E-state index contributed by atoms with van der Waals surface area (Å²) in [6.07, 6.45) is 0. The minimum absolute atomic E-state index is 0.0462. The second-order valence-electron chi connectivity index (χ2n) is 4.65. The van der Waals surface area contributed by atoms with E-state index in [9.17, 15) is 9.18 Å². The number of nitrogens with zero attached hydrogens (tertiary/aromatic N) is 1. The molecular weight excluding hydrogens is 257 g/mol. The lowest BCUT2D eigenvalue weighted by Crippen LogP contribution is -2.24. The molecule has 0 atom stereocenters. The number of nitrogens with one attached hydrogen (secondary N) is 1. The third-order valence-electron chi connectivity index (χ3n) is 2.90. The second-order valence-corrected chi connectivity index (χ2v) is 4.65. The molecule has 0 spiro atoms. The van der Waals surface area contributed by atoms with E-state index in [1.54, 1.807) is 13.0 Å². The number of hydrogen-bond donors (Lipinski definition) is 2. The van der Waals surface area contributed by atoms with E-state index in [0.717, 1.165) is 11.4 Å². The van der Waals surface area contributed by atoms with Gasteiger partial charge in [-0.2, -0.15) is 0 Å². The SMILES string of the molecule is Cc1cccc(CNC(=O)c2cc(N)cc(C)c2F)n1. The van der Waals surface area contributed by atoms with Gasteiger partial charge in [-0.15, -0.1) is 0 Å². The van der Waals surface area contributed by atoms with Crippen molar-refractivity contribution in [1.82, 2.24) is 10.3 Å². The largest absolute Gasteiger partial charge is 0.399 e. The maximum absolute atomic E-state index is 13.9. The van der Waals surface area contributed by atoms with E-state index in [0.29, 0.717) is 11.3 Å². The summed E-state index contributed by atoms with van der Waals surface area (Å²) in [6.45, 7) is 3.69.